The van der Waals surface area contributed by atoms with Gasteiger partial charge < -0.3 is 19.8 Å². The lowest BCUT2D eigenvalue weighted by Gasteiger charge is -2.23. The monoisotopic (exact) mass is 358 g/mol. The quantitative estimate of drug-likeness (QED) is 0.320. The fourth-order valence-corrected chi connectivity index (χ4v) is 2.85. The maximum absolute atomic E-state index is 11.9. The minimum atomic E-state index is -1.01. The van der Waals surface area contributed by atoms with Crippen LogP contribution < -0.4 is 5.32 Å². The molecule has 1 fully saturated rings. The molecule has 1 rings (SSSR count). The molecular weight excluding hydrogens is 328 g/mol. The van der Waals surface area contributed by atoms with Crippen LogP contribution in [-0.2, 0) is 14.3 Å². The second-order valence-corrected chi connectivity index (χ2v) is 6.38. The van der Waals surface area contributed by atoms with Gasteiger partial charge in [0.2, 0.25) is 0 Å². The standard InChI is InChI=1S/C17H30N2O6/c1-2-3-4-7-13(20)9-10-19-14(16(23)18-17(19)24)8-5-6-11-25-12-15(21)22/h13-14,20H,2-12H2,1H3,(H,21,22)(H,18,23,24). The summed E-state index contributed by atoms with van der Waals surface area (Å²) in [6, 6.07) is -0.923. The van der Waals surface area contributed by atoms with Gasteiger partial charge in [-0.1, -0.05) is 26.2 Å². The maximum atomic E-state index is 11.9. The van der Waals surface area contributed by atoms with Crippen molar-refractivity contribution in [2.45, 2.75) is 70.4 Å². The molecule has 2 atom stereocenters. The number of nitrogens with zero attached hydrogens (tertiary/aromatic N) is 1. The van der Waals surface area contributed by atoms with E-state index in [0.29, 0.717) is 45.3 Å². The lowest BCUT2D eigenvalue weighted by molar-refractivity contribution is -0.142. The Labute approximate surface area is 148 Å². The van der Waals surface area contributed by atoms with Gasteiger partial charge in [-0.15, -0.1) is 0 Å². The Morgan fingerprint density at radius 1 is 1.24 bits per heavy atom. The third-order valence-corrected chi connectivity index (χ3v) is 4.26. The number of aliphatic hydroxyl groups is 1. The number of unbranched alkanes of at least 4 members (excludes halogenated alkanes) is 3. The van der Waals surface area contributed by atoms with E-state index >= 15 is 0 Å². The molecule has 8 heteroatoms. The summed E-state index contributed by atoms with van der Waals surface area (Å²) >= 11 is 0. The number of aliphatic carboxylic acids is 1. The van der Waals surface area contributed by atoms with Gasteiger partial charge in [-0.3, -0.25) is 10.1 Å². The zero-order valence-electron chi connectivity index (χ0n) is 14.9. The lowest BCUT2D eigenvalue weighted by Crippen LogP contribution is -2.37. The van der Waals surface area contributed by atoms with Gasteiger partial charge in [-0.2, -0.15) is 0 Å². The molecule has 0 saturated carbocycles. The molecular formula is C17H30N2O6. The molecule has 0 spiro atoms. The third kappa shape index (κ3) is 8.31. The van der Waals surface area contributed by atoms with Gasteiger partial charge in [-0.05, 0) is 32.1 Å². The third-order valence-electron chi connectivity index (χ3n) is 4.26. The van der Waals surface area contributed by atoms with Crippen LogP contribution in [0.3, 0.4) is 0 Å². The van der Waals surface area contributed by atoms with Crippen LogP contribution >= 0.6 is 0 Å². The van der Waals surface area contributed by atoms with Gasteiger partial charge in [-0.25, -0.2) is 9.59 Å². The molecule has 0 aliphatic carbocycles. The van der Waals surface area contributed by atoms with Crippen LogP contribution in [0.25, 0.3) is 0 Å². The molecule has 3 amide bonds. The fraction of sp³-hybridized carbons (Fsp3) is 0.824. The molecule has 0 aromatic rings. The number of ether oxygens (including phenoxy) is 1. The number of rotatable bonds is 14. The van der Waals surface area contributed by atoms with E-state index in [1.54, 1.807) is 0 Å². The Balaban J connectivity index is 2.31. The largest absolute Gasteiger partial charge is 0.480 e. The summed E-state index contributed by atoms with van der Waals surface area (Å²) < 4.78 is 4.95. The average molecular weight is 358 g/mol. The minimum Gasteiger partial charge on any atom is -0.480 e. The second-order valence-electron chi connectivity index (χ2n) is 6.38. The Hall–Kier alpha value is -1.67. The maximum Gasteiger partial charge on any atom is 0.329 e. The van der Waals surface area contributed by atoms with E-state index in [0.717, 1.165) is 19.3 Å². The summed E-state index contributed by atoms with van der Waals surface area (Å²) in [6.45, 7) is 2.43. The highest BCUT2D eigenvalue weighted by Gasteiger charge is 2.37. The van der Waals surface area contributed by atoms with Gasteiger partial charge in [0.05, 0.1) is 6.10 Å². The van der Waals surface area contributed by atoms with Gasteiger partial charge in [0.25, 0.3) is 5.91 Å². The number of carbonyl (C=O) groups is 3. The van der Waals surface area contributed by atoms with E-state index < -0.39 is 24.1 Å². The van der Waals surface area contributed by atoms with Crippen molar-refractivity contribution >= 4 is 17.9 Å². The Morgan fingerprint density at radius 2 is 2.00 bits per heavy atom. The van der Waals surface area contributed by atoms with Crippen LogP contribution in [0, 0.1) is 0 Å². The molecule has 1 aliphatic heterocycles. The van der Waals surface area contributed by atoms with E-state index in [2.05, 4.69) is 12.2 Å². The lowest BCUT2D eigenvalue weighted by atomic mass is 10.1. The predicted octanol–water partition coefficient (Wildman–Crippen LogP) is 1.51. The Morgan fingerprint density at radius 3 is 2.68 bits per heavy atom. The van der Waals surface area contributed by atoms with Gasteiger partial charge in [0.15, 0.2) is 0 Å². The summed E-state index contributed by atoms with van der Waals surface area (Å²) in [7, 11) is 0. The van der Waals surface area contributed by atoms with Crippen molar-refractivity contribution in [3.05, 3.63) is 0 Å². The van der Waals surface area contributed by atoms with Gasteiger partial charge >= 0.3 is 12.0 Å². The van der Waals surface area contributed by atoms with Crippen molar-refractivity contribution in [1.29, 1.82) is 0 Å². The first kappa shape index (κ1) is 21.4. The molecule has 2 unspecified atom stereocenters. The first-order chi connectivity index (χ1) is 12.0. The highest BCUT2D eigenvalue weighted by molar-refractivity contribution is 6.04. The van der Waals surface area contributed by atoms with E-state index in [1.807, 2.05) is 0 Å². The first-order valence-corrected chi connectivity index (χ1v) is 9.04. The summed E-state index contributed by atoms with van der Waals surface area (Å²) in [4.78, 5) is 35.6. The van der Waals surface area contributed by atoms with E-state index in [1.165, 1.54) is 4.90 Å². The minimum absolute atomic E-state index is 0.308. The molecule has 144 valence electrons. The topological polar surface area (TPSA) is 116 Å². The van der Waals surface area contributed by atoms with Crippen molar-refractivity contribution in [1.82, 2.24) is 10.2 Å². The number of aliphatic hydroxyl groups excluding tert-OH is 1. The number of hydrogen-bond acceptors (Lipinski definition) is 5. The second kappa shape index (κ2) is 11.8. The molecule has 0 radical (unpaired) electrons. The van der Waals surface area contributed by atoms with E-state index in [-0.39, 0.29) is 12.5 Å². The molecule has 0 aromatic heterocycles. The van der Waals surface area contributed by atoms with E-state index in [4.69, 9.17) is 9.84 Å². The van der Waals surface area contributed by atoms with Crippen molar-refractivity contribution in [2.24, 2.45) is 0 Å². The number of carbonyl (C=O) groups excluding carboxylic acids is 2. The first-order valence-electron chi connectivity index (χ1n) is 9.04. The summed E-state index contributed by atoms with van der Waals surface area (Å²) in [5.74, 6) is -1.32. The highest BCUT2D eigenvalue weighted by atomic mass is 16.5. The zero-order valence-corrected chi connectivity index (χ0v) is 14.9. The molecule has 8 nitrogen and oxygen atoms in total. The SMILES string of the molecule is CCCCCC(O)CCN1C(=O)NC(=O)C1CCCCOCC(=O)O. The predicted molar refractivity (Wildman–Crippen MR) is 91.1 cm³/mol. The highest BCUT2D eigenvalue weighted by Crippen LogP contribution is 2.17. The van der Waals surface area contributed by atoms with Crippen LogP contribution in [0.15, 0.2) is 0 Å². The summed E-state index contributed by atoms with van der Waals surface area (Å²) in [5, 5.41) is 20.8. The fourth-order valence-electron chi connectivity index (χ4n) is 2.85. The van der Waals surface area contributed by atoms with Crippen molar-refractivity contribution in [3.63, 3.8) is 0 Å². The average Bonchev–Trinajstić information content (AvgIpc) is 2.82. The number of nitrogens with one attached hydrogen (secondary N) is 1. The summed E-state index contributed by atoms with van der Waals surface area (Å²) in [5.41, 5.74) is 0. The number of imide groups is 1. The van der Waals surface area contributed by atoms with Crippen molar-refractivity contribution in [2.75, 3.05) is 19.8 Å². The van der Waals surface area contributed by atoms with Crippen LogP contribution in [0.4, 0.5) is 4.79 Å². The molecule has 3 N–H and O–H groups in total. The van der Waals surface area contributed by atoms with Crippen molar-refractivity contribution < 1.29 is 29.3 Å². The van der Waals surface area contributed by atoms with Gasteiger partial charge in [0.1, 0.15) is 12.6 Å². The van der Waals surface area contributed by atoms with E-state index in [9.17, 15) is 19.5 Å². The molecule has 1 aliphatic rings. The molecule has 0 bridgehead atoms. The number of urea groups is 1. The molecule has 1 saturated heterocycles. The number of carboxylic acids is 1. The van der Waals surface area contributed by atoms with Crippen LogP contribution in [0.1, 0.15) is 58.3 Å². The van der Waals surface area contributed by atoms with Crippen LogP contribution in [0.5, 0.6) is 0 Å². The normalized spacial score (nSPS) is 18.5. The van der Waals surface area contributed by atoms with Gasteiger partial charge in [0, 0.05) is 13.2 Å². The molecule has 0 aromatic carbocycles. The number of amides is 3. The smallest absolute Gasteiger partial charge is 0.329 e. The summed E-state index contributed by atoms with van der Waals surface area (Å²) in [6.07, 6.45) is 5.62. The Kier molecular flexibility index (Phi) is 10.1. The van der Waals surface area contributed by atoms with Crippen LogP contribution in [0.2, 0.25) is 0 Å². The Bertz CT molecular complexity index is 443. The molecule has 1 heterocycles. The van der Waals surface area contributed by atoms with Crippen LogP contribution in [-0.4, -0.2) is 64.9 Å². The molecule has 25 heavy (non-hydrogen) atoms. The zero-order chi connectivity index (χ0) is 18.7. The van der Waals surface area contributed by atoms with Crippen molar-refractivity contribution in [3.8, 4) is 0 Å². The number of carboxylic acid groups (broad SMARTS) is 1. The number of hydrogen-bond donors (Lipinski definition) is 3.